The van der Waals surface area contributed by atoms with Crippen LogP contribution in [0, 0.1) is 23.7 Å². The molecule has 8 heteroatoms. The van der Waals surface area contributed by atoms with E-state index in [2.05, 4.69) is 4.98 Å². The van der Waals surface area contributed by atoms with Crippen LogP contribution in [0.25, 0.3) is 17.2 Å². The van der Waals surface area contributed by atoms with Gasteiger partial charge in [-0.2, -0.15) is 13.2 Å². The molecule has 1 N–H and O–H groups in total. The van der Waals surface area contributed by atoms with Crippen LogP contribution in [0.2, 0.25) is 0 Å². The molecule has 0 spiro atoms. The summed E-state index contributed by atoms with van der Waals surface area (Å²) in [4.78, 5) is 16.8. The van der Waals surface area contributed by atoms with Crippen molar-refractivity contribution in [2.45, 2.75) is 56.7 Å². The highest BCUT2D eigenvalue weighted by Gasteiger charge is 2.62. The number of benzene rings is 1. The van der Waals surface area contributed by atoms with Crippen LogP contribution in [0.3, 0.4) is 0 Å². The zero-order chi connectivity index (χ0) is 25.0. The van der Waals surface area contributed by atoms with Gasteiger partial charge in [-0.25, -0.2) is 4.39 Å². The molecule has 7 atom stereocenters. The number of carbonyl (C=O) groups excluding carboxylic acids is 1. The van der Waals surface area contributed by atoms with Crippen molar-refractivity contribution in [3.8, 4) is 11.1 Å². The Morgan fingerprint density at radius 2 is 1.97 bits per heavy atom. The highest BCUT2D eigenvalue weighted by molar-refractivity contribution is 5.76. The molecule has 2 aromatic rings. The number of hydrogen-bond donors (Lipinski definition) is 1. The Hall–Kier alpha value is -2.74. The van der Waals surface area contributed by atoms with E-state index in [9.17, 15) is 27.5 Å². The van der Waals surface area contributed by atoms with Gasteiger partial charge in [0.15, 0.2) is 0 Å². The average molecular weight is 490 g/mol. The van der Waals surface area contributed by atoms with Crippen molar-refractivity contribution >= 4 is 12.0 Å². The number of alkyl halides is 4. The molecule has 186 valence electrons. The third kappa shape index (κ3) is 4.26. The second-order valence-electron chi connectivity index (χ2n) is 10.00. The molecule has 0 radical (unpaired) electrons. The Bertz CT molecular complexity index is 1130. The number of esters is 1. The smallest absolute Gasteiger partial charge is 0.416 e. The lowest BCUT2D eigenvalue weighted by Crippen LogP contribution is -2.58. The zero-order valence-electron chi connectivity index (χ0n) is 19.2. The predicted molar refractivity (Wildman–Crippen MR) is 122 cm³/mol. The zero-order valence-corrected chi connectivity index (χ0v) is 19.2. The van der Waals surface area contributed by atoms with Crippen LogP contribution in [0.5, 0.6) is 0 Å². The normalized spacial score (nSPS) is 35.0. The number of halogens is 4. The molecule has 0 amide bonds. The maximum absolute atomic E-state index is 14.8. The van der Waals surface area contributed by atoms with E-state index in [1.165, 1.54) is 12.3 Å². The number of pyridine rings is 1. The van der Waals surface area contributed by atoms with Crippen LogP contribution < -0.4 is 0 Å². The standard InChI is InChI=1S/C27H27F4NO3/c1-15-24-21(25(33)35-15)13-20-22(6-3-7-23(20)28)26(24,34)11-10-19-9-8-17(14-32-19)16-4-2-5-18(12-16)27(29,30)31/h2,4-5,8-12,14-15,20-24,34H,3,6-7,13H2,1H3/b11-10+/t15-,20?,21?,22?,23?,24?,26?/m1/s1. The van der Waals surface area contributed by atoms with Crippen molar-refractivity contribution in [2.75, 3.05) is 0 Å². The summed E-state index contributed by atoms with van der Waals surface area (Å²) >= 11 is 0. The van der Waals surface area contributed by atoms with Gasteiger partial charge in [-0.05, 0) is 67.9 Å². The largest absolute Gasteiger partial charge is 0.462 e. The second-order valence-corrected chi connectivity index (χ2v) is 10.00. The fraction of sp³-hybridized carbons (Fsp3) is 0.481. The van der Waals surface area contributed by atoms with Crippen LogP contribution in [-0.4, -0.2) is 33.9 Å². The summed E-state index contributed by atoms with van der Waals surface area (Å²) in [6, 6.07) is 8.36. The molecule has 3 fully saturated rings. The molecular weight excluding hydrogens is 462 g/mol. The summed E-state index contributed by atoms with van der Waals surface area (Å²) in [7, 11) is 0. The summed E-state index contributed by atoms with van der Waals surface area (Å²) in [6.45, 7) is 1.76. The van der Waals surface area contributed by atoms with E-state index < -0.39 is 47.4 Å². The lowest BCUT2D eigenvalue weighted by molar-refractivity contribution is -0.148. The Labute approximate surface area is 201 Å². The SMILES string of the molecule is C[C@H]1OC(=O)C2CC3C(F)CCCC3C(O)(/C=C/c3ccc(-c4cccc(C(F)(F)F)c4)cn3)C21. The lowest BCUT2D eigenvalue weighted by Gasteiger charge is -2.52. The number of carbonyl (C=O) groups is 1. The van der Waals surface area contributed by atoms with Crippen molar-refractivity contribution in [3.63, 3.8) is 0 Å². The van der Waals surface area contributed by atoms with E-state index in [-0.39, 0.29) is 11.9 Å². The fourth-order valence-electron chi connectivity index (χ4n) is 6.40. The minimum Gasteiger partial charge on any atom is -0.462 e. The Kier molecular flexibility index (Phi) is 5.98. The number of aromatic nitrogens is 1. The first-order valence-electron chi connectivity index (χ1n) is 12.0. The van der Waals surface area contributed by atoms with Gasteiger partial charge in [0.25, 0.3) is 0 Å². The van der Waals surface area contributed by atoms with E-state index >= 15 is 0 Å². The number of ether oxygens (including phenoxy) is 1. The maximum Gasteiger partial charge on any atom is 0.416 e. The number of cyclic esters (lactones) is 1. The van der Waals surface area contributed by atoms with E-state index in [4.69, 9.17) is 4.74 Å². The van der Waals surface area contributed by atoms with Crippen LogP contribution in [0.4, 0.5) is 17.6 Å². The first-order valence-corrected chi connectivity index (χ1v) is 12.0. The van der Waals surface area contributed by atoms with Gasteiger partial charge in [-0.3, -0.25) is 9.78 Å². The Balaban J connectivity index is 1.43. The van der Waals surface area contributed by atoms with Crippen molar-refractivity contribution in [2.24, 2.45) is 23.7 Å². The maximum atomic E-state index is 14.8. The third-order valence-corrected chi connectivity index (χ3v) is 8.01. The van der Waals surface area contributed by atoms with Crippen molar-refractivity contribution in [1.82, 2.24) is 4.98 Å². The number of fused-ring (bicyclic) bond motifs is 2. The molecule has 5 rings (SSSR count). The molecule has 0 bridgehead atoms. The fourth-order valence-corrected chi connectivity index (χ4v) is 6.40. The molecule has 1 aliphatic heterocycles. The summed E-state index contributed by atoms with van der Waals surface area (Å²) in [5.41, 5.74) is -0.737. The highest BCUT2D eigenvalue weighted by Crippen LogP contribution is 2.56. The number of nitrogens with zero attached hydrogens (tertiary/aromatic N) is 1. The van der Waals surface area contributed by atoms with Gasteiger partial charge in [0.2, 0.25) is 0 Å². The van der Waals surface area contributed by atoms with Gasteiger partial charge in [0, 0.05) is 17.7 Å². The summed E-state index contributed by atoms with van der Waals surface area (Å²) < 4.78 is 59.4. The van der Waals surface area contributed by atoms with Crippen LogP contribution in [0.1, 0.15) is 43.9 Å². The Morgan fingerprint density at radius 3 is 2.69 bits per heavy atom. The minimum atomic E-state index is -4.43. The van der Waals surface area contributed by atoms with Crippen LogP contribution in [-0.2, 0) is 15.7 Å². The predicted octanol–water partition coefficient (Wildman–Crippen LogP) is 5.85. The number of hydrogen-bond acceptors (Lipinski definition) is 4. The van der Waals surface area contributed by atoms with Gasteiger partial charge >= 0.3 is 12.1 Å². The average Bonchev–Trinajstić information content (AvgIpc) is 3.12. The van der Waals surface area contributed by atoms with Crippen LogP contribution in [0.15, 0.2) is 48.7 Å². The number of aliphatic hydroxyl groups is 1. The van der Waals surface area contributed by atoms with Gasteiger partial charge in [0.05, 0.1) is 22.8 Å². The summed E-state index contributed by atoms with van der Waals surface area (Å²) in [6.07, 6.45) is 0.924. The minimum absolute atomic E-state index is 0.329. The third-order valence-electron chi connectivity index (χ3n) is 8.01. The molecule has 2 heterocycles. The van der Waals surface area contributed by atoms with Gasteiger partial charge in [0.1, 0.15) is 12.3 Å². The molecular formula is C27H27F4NO3. The quantitative estimate of drug-likeness (QED) is 0.434. The molecule has 2 aliphatic carbocycles. The van der Waals surface area contributed by atoms with Gasteiger partial charge in [-0.15, -0.1) is 0 Å². The van der Waals surface area contributed by atoms with Crippen molar-refractivity contribution < 1.29 is 32.2 Å². The van der Waals surface area contributed by atoms with Crippen LogP contribution >= 0.6 is 0 Å². The Morgan fingerprint density at radius 1 is 1.17 bits per heavy atom. The topological polar surface area (TPSA) is 59.4 Å². The van der Waals surface area contributed by atoms with E-state index in [1.54, 1.807) is 37.3 Å². The summed E-state index contributed by atoms with van der Waals surface area (Å²) in [5, 5.41) is 11.9. The molecule has 1 aromatic carbocycles. The van der Waals surface area contributed by atoms with Gasteiger partial charge in [-0.1, -0.05) is 30.7 Å². The first kappa shape index (κ1) is 24.0. The molecule has 1 aromatic heterocycles. The molecule has 3 aliphatic rings. The molecule has 1 saturated heterocycles. The monoisotopic (exact) mass is 489 g/mol. The molecule has 6 unspecified atom stereocenters. The van der Waals surface area contributed by atoms with Gasteiger partial charge < -0.3 is 9.84 Å². The lowest BCUT2D eigenvalue weighted by atomic mass is 9.54. The van der Waals surface area contributed by atoms with Crippen molar-refractivity contribution in [1.29, 1.82) is 0 Å². The van der Waals surface area contributed by atoms with E-state index in [0.717, 1.165) is 12.1 Å². The van der Waals surface area contributed by atoms with E-state index in [1.807, 2.05) is 0 Å². The molecule has 2 saturated carbocycles. The molecule has 35 heavy (non-hydrogen) atoms. The molecule has 4 nitrogen and oxygen atoms in total. The first-order chi connectivity index (χ1) is 16.6. The number of rotatable bonds is 3. The summed E-state index contributed by atoms with van der Waals surface area (Å²) in [5.74, 6) is -2.14. The highest BCUT2D eigenvalue weighted by atomic mass is 19.4. The second kappa shape index (κ2) is 8.73. The van der Waals surface area contributed by atoms with Crippen molar-refractivity contribution in [3.05, 3.63) is 59.9 Å². The van der Waals surface area contributed by atoms with E-state index in [0.29, 0.717) is 42.5 Å².